The Morgan fingerprint density at radius 3 is 2.95 bits per heavy atom. The second-order valence-electron chi connectivity index (χ2n) is 5.61. The van der Waals surface area contributed by atoms with E-state index in [1.165, 1.54) is 5.57 Å². The van der Waals surface area contributed by atoms with Gasteiger partial charge in [0.15, 0.2) is 0 Å². The first-order valence-electron chi connectivity index (χ1n) is 7.55. The lowest BCUT2D eigenvalue weighted by atomic mass is 9.97. The predicted molar refractivity (Wildman–Crippen MR) is 89.8 cm³/mol. The number of phenolic OH excluding ortho intramolecular Hbond substituents is 1. The molecule has 1 aromatic rings. The normalized spacial score (nSPS) is 18.4. The molecule has 1 N–H and O–H groups in total. The van der Waals surface area contributed by atoms with Gasteiger partial charge in [-0.15, -0.1) is 0 Å². The molecule has 1 unspecified atom stereocenters. The maximum Gasteiger partial charge on any atom is 0.122 e. The number of aromatic hydroxyl groups is 1. The van der Waals surface area contributed by atoms with Crippen LogP contribution in [0.2, 0.25) is 0 Å². The second-order valence-corrected chi connectivity index (χ2v) is 5.61. The monoisotopic (exact) mass is 300 g/mol. The molecule has 3 nitrogen and oxygen atoms in total. The van der Waals surface area contributed by atoms with Crippen molar-refractivity contribution in [1.82, 2.24) is 0 Å². The zero-order chi connectivity index (χ0) is 15.9. The van der Waals surface area contributed by atoms with Crippen molar-refractivity contribution in [3.05, 3.63) is 59.2 Å². The summed E-state index contributed by atoms with van der Waals surface area (Å²) < 4.78 is 10.9. The maximum absolute atomic E-state index is 9.81. The SMILES string of the molecule is C=C(COC)C1=CCOC1CC/C(C)=C/c1ccccc1O. The number of allylic oxidation sites excluding steroid dienone is 1. The van der Waals surface area contributed by atoms with Gasteiger partial charge in [-0.1, -0.05) is 42.5 Å². The van der Waals surface area contributed by atoms with Crippen LogP contribution in [0.25, 0.3) is 6.08 Å². The Bertz CT molecular complexity index is 584. The molecule has 0 amide bonds. The van der Waals surface area contributed by atoms with Gasteiger partial charge in [-0.05, 0) is 37.0 Å². The van der Waals surface area contributed by atoms with E-state index < -0.39 is 0 Å². The van der Waals surface area contributed by atoms with E-state index in [2.05, 4.69) is 19.6 Å². The molecule has 0 aliphatic carbocycles. The summed E-state index contributed by atoms with van der Waals surface area (Å²) in [5.41, 5.74) is 4.23. The van der Waals surface area contributed by atoms with Crippen molar-refractivity contribution < 1.29 is 14.6 Å². The van der Waals surface area contributed by atoms with E-state index in [9.17, 15) is 5.11 Å². The molecule has 0 radical (unpaired) electrons. The van der Waals surface area contributed by atoms with Gasteiger partial charge >= 0.3 is 0 Å². The van der Waals surface area contributed by atoms with Gasteiger partial charge < -0.3 is 14.6 Å². The van der Waals surface area contributed by atoms with Gasteiger partial charge in [0.25, 0.3) is 0 Å². The van der Waals surface area contributed by atoms with E-state index in [1.54, 1.807) is 13.2 Å². The van der Waals surface area contributed by atoms with Crippen molar-refractivity contribution in [3.8, 4) is 5.75 Å². The van der Waals surface area contributed by atoms with Crippen LogP contribution in [0.3, 0.4) is 0 Å². The highest BCUT2D eigenvalue weighted by molar-refractivity contribution is 5.58. The number of methoxy groups -OCH3 is 1. The largest absolute Gasteiger partial charge is 0.507 e. The van der Waals surface area contributed by atoms with E-state index in [4.69, 9.17) is 9.47 Å². The van der Waals surface area contributed by atoms with Crippen molar-refractivity contribution in [2.75, 3.05) is 20.3 Å². The minimum absolute atomic E-state index is 0.0929. The van der Waals surface area contributed by atoms with Crippen LogP contribution in [0.5, 0.6) is 5.75 Å². The summed E-state index contributed by atoms with van der Waals surface area (Å²) in [4.78, 5) is 0. The molecule has 1 aliphatic heterocycles. The molecule has 2 rings (SSSR count). The number of hydrogen-bond acceptors (Lipinski definition) is 3. The molecule has 0 spiro atoms. The molecule has 1 aromatic carbocycles. The number of ether oxygens (including phenoxy) is 2. The summed E-state index contributed by atoms with van der Waals surface area (Å²) in [5, 5.41) is 9.81. The Kier molecular flexibility index (Phi) is 5.99. The van der Waals surface area contributed by atoms with Crippen LogP contribution in [0.15, 0.2) is 53.6 Å². The molecule has 0 aromatic heterocycles. The Labute approximate surface area is 132 Å². The van der Waals surface area contributed by atoms with Crippen LogP contribution in [-0.4, -0.2) is 31.5 Å². The third-order valence-corrected chi connectivity index (χ3v) is 3.81. The first-order valence-corrected chi connectivity index (χ1v) is 7.55. The van der Waals surface area contributed by atoms with Crippen molar-refractivity contribution in [2.45, 2.75) is 25.9 Å². The zero-order valence-electron chi connectivity index (χ0n) is 13.3. The lowest BCUT2D eigenvalue weighted by molar-refractivity contribution is 0.115. The van der Waals surface area contributed by atoms with E-state index in [-0.39, 0.29) is 6.10 Å². The summed E-state index contributed by atoms with van der Waals surface area (Å²) in [5.74, 6) is 0.313. The molecule has 0 saturated heterocycles. The average molecular weight is 300 g/mol. The van der Waals surface area contributed by atoms with Crippen molar-refractivity contribution in [3.63, 3.8) is 0 Å². The Morgan fingerprint density at radius 2 is 2.23 bits per heavy atom. The van der Waals surface area contributed by atoms with Gasteiger partial charge in [0.2, 0.25) is 0 Å². The summed E-state index contributed by atoms with van der Waals surface area (Å²) in [6.45, 7) is 7.32. The van der Waals surface area contributed by atoms with Gasteiger partial charge in [0.05, 0.1) is 19.3 Å². The molecule has 1 atom stereocenters. The minimum atomic E-state index is 0.0929. The fourth-order valence-corrected chi connectivity index (χ4v) is 2.65. The standard InChI is InChI=1S/C19H24O3/c1-14(12-16-6-4-5-7-18(16)20)8-9-19-17(10-11-22-19)15(2)13-21-3/h4-7,10,12,19-20H,2,8-9,11,13H2,1,3H3/b14-12+. The van der Waals surface area contributed by atoms with Crippen molar-refractivity contribution in [2.24, 2.45) is 0 Å². The highest BCUT2D eigenvalue weighted by Gasteiger charge is 2.21. The first kappa shape index (κ1) is 16.5. The summed E-state index contributed by atoms with van der Waals surface area (Å²) in [6, 6.07) is 7.37. The van der Waals surface area contributed by atoms with Gasteiger partial charge in [-0.3, -0.25) is 0 Å². The maximum atomic E-state index is 9.81. The molecule has 0 bridgehead atoms. The molecule has 0 fully saturated rings. The van der Waals surface area contributed by atoms with E-state index in [0.717, 1.165) is 29.6 Å². The van der Waals surface area contributed by atoms with Crippen LogP contribution in [0, 0.1) is 0 Å². The first-order chi connectivity index (χ1) is 10.6. The van der Waals surface area contributed by atoms with Crippen LogP contribution in [0.4, 0.5) is 0 Å². The lowest BCUT2D eigenvalue weighted by Gasteiger charge is -2.16. The van der Waals surface area contributed by atoms with Crippen LogP contribution in [0.1, 0.15) is 25.3 Å². The molecular weight excluding hydrogens is 276 g/mol. The Morgan fingerprint density at radius 1 is 1.45 bits per heavy atom. The molecule has 0 saturated carbocycles. The Balaban J connectivity index is 1.94. The molecular formula is C19H24O3. The van der Waals surface area contributed by atoms with Crippen LogP contribution < -0.4 is 0 Å². The lowest BCUT2D eigenvalue weighted by Crippen LogP contribution is -2.13. The average Bonchev–Trinajstić information content (AvgIpc) is 2.96. The summed E-state index contributed by atoms with van der Waals surface area (Å²) in [6.07, 6.45) is 6.03. The van der Waals surface area contributed by atoms with Crippen LogP contribution in [-0.2, 0) is 9.47 Å². The third kappa shape index (κ3) is 4.33. The fraction of sp³-hybridized carbons (Fsp3) is 0.368. The number of benzene rings is 1. The number of phenols is 1. The summed E-state index contributed by atoms with van der Waals surface area (Å²) in [7, 11) is 1.68. The fourth-order valence-electron chi connectivity index (χ4n) is 2.65. The Hall–Kier alpha value is -1.84. The van der Waals surface area contributed by atoms with Gasteiger partial charge in [-0.25, -0.2) is 0 Å². The van der Waals surface area contributed by atoms with Crippen molar-refractivity contribution >= 4 is 6.08 Å². The predicted octanol–water partition coefficient (Wildman–Crippen LogP) is 4.10. The number of para-hydroxylation sites is 1. The third-order valence-electron chi connectivity index (χ3n) is 3.81. The number of rotatable bonds is 7. The minimum Gasteiger partial charge on any atom is -0.507 e. The highest BCUT2D eigenvalue weighted by atomic mass is 16.5. The highest BCUT2D eigenvalue weighted by Crippen LogP contribution is 2.27. The van der Waals surface area contributed by atoms with E-state index in [1.807, 2.05) is 24.3 Å². The molecule has 3 heteroatoms. The molecule has 1 heterocycles. The molecule has 1 aliphatic rings. The van der Waals surface area contributed by atoms with Crippen LogP contribution >= 0.6 is 0 Å². The second kappa shape index (κ2) is 7.97. The van der Waals surface area contributed by atoms with Gasteiger partial charge in [-0.2, -0.15) is 0 Å². The molecule has 118 valence electrons. The van der Waals surface area contributed by atoms with Gasteiger partial charge in [0.1, 0.15) is 5.75 Å². The topological polar surface area (TPSA) is 38.7 Å². The van der Waals surface area contributed by atoms with E-state index in [0.29, 0.717) is 19.0 Å². The molecule has 22 heavy (non-hydrogen) atoms. The quantitative estimate of drug-likeness (QED) is 0.824. The zero-order valence-corrected chi connectivity index (χ0v) is 13.3. The van der Waals surface area contributed by atoms with Gasteiger partial charge in [0, 0.05) is 12.7 Å². The van der Waals surface area contributed by atoms with E-state index >= 15 is 0 Å². The smallest absolute Gasteiger partial charge is 0.122 e. The number of hydrogen-bond donors (Lipinski definition) is 1. The van der Waals surface area contributed by atoms with Crippen molar-refractivity contribution in [1.29, 1.82) is 0 Å². The summed E-state index contributed by atoms with van der Waals surface area (Å²) >= 11 is 0.